The molecule has 0 saturated carbocycles. The van der Waals surface area contributed by atoms with E-state index in [1.54, 1.807) is 55.3 Å². The normalized spacial score (nSPS) is 19.9. The van der Waals surface area contributed by atoms with Crippen molar-refractivity contribution in [2.75, 3.05) is 56.1 Å². The van der Waals surface area contributed by atoms with Crippen LogP contribution in [-0.4, -0.2) is 91.3 Å². The van der Waals surface area contributed by atoms with Gasteiger partial charge in [0.2, 0.25) is 6.79 Å². The van der Waals surface area contributed by atoms with Crippen molar-refractivity contribution in [3.63, 3.8) is 0 Å². The van der Waals surface area contributed by atoms with Crippen LogP contribution in [-0.2, 0) is 4.74 Å². The molecule has 0 aromatic heterocycles. The first-order valence-electron chi connectivity index (χ1n) is 17.1. The number of nitrogens with zero attached hydrogens (tertiary/aromatic N) is 2. The lowest BCUT2D eigenvalue weighted by molar-refractivity contribution is -0.0115. The summed E-state index contributed by atoms with van der Waals surface area (Å²) in [5, 5.41) is 18.5. The van der Waals surface area contributed by atoms with E-state index in [1.165, 1.54) is 29.2 Å². The number of aliphatic hydroxyl groups excluding tert-OH is 1. The Morgan fingerprint density at radius 3 is 2.35 bits per heavy atom. The van der Waals surface area contributed by atoms with Crippen molar-refractivity contribution >= 4 is 35.0 Å². The average molecular weight is 708 g/mol. The number of carbonyl (C=O) groups is 3. The molecule has 13 nitrogen and oxygen atoms in total. The average Bonchev–Trinajstić information content (AvgIpc) is 3.58. The summed E-state index contributed by atoms with van der Waals surface area (Å²) in [5.41, 5.74) is 1.50. The summed E-state index contributed by atoms with van der Waals surface area (Å²) < 4.78 is 36.8. The fourth-order valence-corrected chi connectivity index (χ4v) is 5.84. The molecule has 2 heterocycles. The number of ether oxygens (including phenoxy) is 4. The molecular formula is C37H46FN5O8. The van der Waals surface area contributed by atoms with Crippen LogP contribution in [0.5, 0.6) is 17.2 Å². The maximum atomic E-state index is 14.4. The number of likely N-dealkylation sites (N-methyl/N-ethyl adjacent to an activating group) is 1. The van der Waals surface area contributed by atoms with Gasteiger partial charge < -0.3 is 49.8 Å². The monoisotopic (exact) mass is 707 g/mol. The molecule has 0 radical (unpaired) electrons. The van der Waals surface area contributed by atoms with Crippen molar-refractivity contribution in [1.82, 2.24) is 9.80 Å². The predicted molar refractivity (Wildman–Crippen MR) is 190 cm³/mol. The predicted octanol–water partition coefficient (Wildman–Crippen LogP) is 6.16. The number of hydrogen-bond acceptors (Lipinski definition) is 8. The molecule has 0 saturated heterocycles. The van der Waals surface area contributed by atoms with Crippen molar-refractivity contribution in [3.05, 3.63) is 72.0 Å². The summed E-state index contributed by atoms with van der Waals surface area (Å²) in [7, 11) is 1.68. The SMILES string of the molecule is C[C@H]1CCCCO[C@H](CN(C)C(=O)Nc2ccc3c(c2)OCO3)[C@@H](C)CN([C@@H](C)CO)C(=O)c2cc(NC(=O)Nc3ccc(F)cc3)ccc2O1. The molecule has 0 bridgehead atoms. The van der Waals surface area contributed by atoms with Gasteiger partial charge >= 0.3 is 12.1 Å². The second-order valence-electron chi connectivity index (χ2n) is 13.0. The molecule has 4 atom stereocenters. The summed E-state index contributed by atoms with van der Waals surface area (Å²) in [6.07, 6.45) is 1.59. The molecule has 51 heavy (non-hydrogen) atoms. The first kappa shape index (κ1) is 37.2. The van der Waals surface area contributed by atoms with E-state index in [0.29, 0.717) is 47.3 Å². The van der Waals surface area contributed by atoms with E-state index in [4.69, 9.17) is 18.9 Å². The number of aliphatic hydroxyl groups is 1. The van der Waals surface area contributed by atoms with Gasteiger partial charge in [-0.25, -0.2) is 14.0 Å². The van der Waals surface area contributed by atoms with Gasteiger partial charge in [0.15, 0.2) is 11.5 Å². The van der Waals surface area contributed by atoms with Gasteiger partial charge in [-0.05, 0) is 87.7 Å². The third kappa shape index (κ3) is 10.0. The van der Waals surface area contributed by atoms with Crippen LogP contribution < -0.4 is 30.2 Å². The molecule has 3 aromatic rings. The highest BCUT2D eigenvalue weighted by molar-refractivity contribution is 6.02. The first-order chi connectivity index (χ1) is 24.5. The van der Waals surface area contributed by atoms with Crippen LogP contribution in [0.15, 0.2) is 60.7 Å². The number of halogens is 1. The van der Waals surface area contributed by atoms with Gasteiger partial charge in [0.05, 0.1) is 30.4 Å². The zero-order valence-corrected chi connectivity index (χ0v) is 29.3. The molecule has 4 N–H and O–H groups in total. The second-order valence-corrected chi connectivity index (χ2v) is 13.0. The van der Waals surface area contributed by atoms with Gasteiger partial charge in [-0.15, -0.1) is 0 Å². The summed E-state index contributed by atoms with van der Waals surface area (Å²) in [6.45, 7) is 6.33. The molecule has 2 aliphatic rings. The lowest BCUT2D eigenvalue weighted by atomic mass is 10.0. The standard InChI is InChI=1S/C37H46FN5O8/c1-23-19-43(24(2)21-44)35(45)30-17-28(40-36(46)39-27-10-8-26(38)9-11-27)12-14-31(30)51-25(3)7-5-6-16-48-34(23)20-42(4)37(47)41-29-13-15-32-33(18-29)50-22-49-32/h8-15,17-18,23-25,34,44H,5-7,16,19-22H2,1-4H3,(H,41,47)(H2,39,40,46)/t23-,24-,25-,34+/m0/s1. The van der Waals surface area contributed by atoms with Gasteiger partial charge in [-0.2, -0.15) is 0 Å². The van der Waals surface area contributed by atoms with Crippen molar-refractivity contribution in [1.29, 1.82) is 0 Å². The van der Waals surface area contributed by atoms with Crippen molar-refractivity contribution in [2.24, 2.45) is 5.92 Å². The van der Waals surface area contributed by atoms with Crippen LogP contribution in [0.3, 0.4) is 0 Å². The van der Waals surface area contributed by atoms with Crippen LogP contribution in [0.4, 0.5) is 31.0 Å². The van der Waals surface area contributed by atoms with E-state index in [-0.39, 0.29) is 50.1 Å². The van der Waals surface area contributed by atoms with E-state index in [1.807, 2.05) is 13.8 Å². The van der Waals surface area contributed by atoms with Crippen molar-refractivity contribution in [3.8, 4) is 17.2 Å². The molecule has 274 valence electrons. The van der Waals surface area contributed by atoms with E-state index in [2.05, 4.69) is 16.0 Å². The zero-order valence-electron chi connectivity index (χ0n) is 29.3. The summed E-state index contributed by atoms with van der Waals surface area (Å²) in [5.74, 6) is 0.422. The highest BCUT2D eigenvalue weighted by atomic mass is 19.1. The number of fused-ring (bicyclic) bond motifs is 2. The van der Waals surface area contributed by atoms with Crippen LogP contribution >= 0.6 is 0 Å². The summed E-state index contributed by atoms with van der Waals surface area (Å²) >= 11 is 0. The molecule has 5 amide bonds. The second kappa shape index (κ2) is 17.2. The number of benzene rings is 3. The number of nitrogens with one attached hydrogen (secondary N) is 3. The van der Waals surface area contributed by atoms with Crippen LogP contribution in [0.2, 0.25) is 0 Å². The number of anilines is 3. The summed E-state index contributed by atoms with van der Waals surface area (Å²) in [4.78, 5) is 43.5. The minimum Gasteiger partial charge on any atom is -0.490 e. The number of carbonyl (C=O) groups excluding carboxylic acids is 3. The van der Waals surface area contributed by atoms with Crippen LogP contribution in [0.25, 0.3) is 0 Å². The molecule has 14 heteroatoms. The minimum absolute atomic E-state index is 0.129. The van der Waals surface area contributed by atoms with Crippen LogP contribution in [0.1, 0.15) is 50.4 Å². The molecule has 0 aliphatic carbocycles. The summed E-state index contributed by atoms with van der Waals surface area (Å²) in [6, 6.07) is 13.9. The Hall–Kier alpha value is -5.08. The van der Waals surface area contributed by atoms with Crippen molar-refractivity contribution < 1.29 is 42.8 Å². The Bertz CT molecular complexity index is 1680. The molecule has 0 unspecified atom stereocenters. The maximum absolute atomic E-state index is 14.4. The Morgan fingerprint density at radius 1 is 0.941 bits per heavy atom. The van der Waals surface area contributed by atoms with Gasteiger partial charge in [0.1, 0.15) is 11.6 Å². The molecule has 0 spiro atoms. The Morgan fingerprint density at radius 2 is 1.61 bits per heavy atom. The van der Waals surface area contributed by atoms with Crippen molar-refractivity contribution in [2.45, 2.75) is 58.3 Å². The molecule has 5 rings (SSSR count). The van der Waals surface area contributed by atoms with Gasteiger partial charge in [-0.1, -0.05) is 6.92 Å². The molecular weight excluding hydrogens is 661 g/mol. The molecule has 0 fully saturated rings. The van der Waals surface area contributed by atoms with E-state index in [0.717, 1.165) is 12.8 Å². The fourth-order valence-electron chi connectivity index (χ4n) is 5.84. The Labute approximate surface area is 297 Å². The smallest absolute Gasteiger partial charge is 0.323 e. The lowest BCUT2D eigenvalue weighted by Gasteiger charge is -2.35. The van der Waals surface area contributed by atoms with Gasteiger partial charge in [0.25, 0.3) is 5.91 Å². The molecule has 3 aromatic carbocycles. The van der Waals surface area contributed by atoms with E-state index >= 15 is 0 Å². The largest absolute Gasteiger partial charge is 0.490 e. The van der Waals surface area contributed by atoms with Gasteiger partial charge in [-0.3, -0.25) is 4.79 Å². The quantitative estimate of drug-likeness (QED) is 0.228. The van der Waals surface area contributed by atoms with Gasteiger partial charge in [0, 0.05) is 55.8 Å². The number of hydrogen-bond donors (Lipinski definition) is 4. The topological polar surface area (TPSA) is 151 Å². The minimum atomic E-state index is -0.579. The Balaban J connectivity index is 1.34. The number of rotatable bonds is 7. The Kier molecular flexibility index (Phi) is 12.6. The third-order valence-electron chi connectivity index (χ3n) is 8.84. The molecule has 2 aliphatic heterocycles. The number of amides is 5. The fraction of sp³-hybridized carbons (Fsp3) is 0.432. The lowest BCUT2D eigenvalue weighted by Crippen LogP contribution is -2.48. The van der Waals surface area contributed by atoms with E-state index < -0.39 is 29.9 Å². The maximum Gasteiger partial charge on any atom is 0.323 e. The third-order valence-corrected chi connectivity index (χ3v) is 8.84. The first-order valence-corrected chi connectivity index (χ1v) is 17.1. The van der Waals surface area contributed by atoms with Crippen LogP contribution in [0, 0.1) is 11.7 Å². The van der Waals surface area contributed by atoms with E-state index in [9.17, 15) is 23.9 Å². The number of urea groups is 2. The zero-order chi connectivity index (χ0) is 36.5. The highest BCUT2D eigenvalue weighted by Crippen LogP contribution is 2.34. The highest BCUT2D eigenvalue weighted by Gasteiger charge is 2.31.